The third-order valence-corrected chi connectivity index (χ3v) is 9.94. The molecule has 0 rings (SSSR count). The van der Waals surface area contributed by atoms with E-state index in [0.29, 0.717) is 32.1 Å². The first kappa shape index (κ1) is 46.9. The van der Waals surface area contributed by atoms with Crippen LogP contribution >= 0.6 is 0 Å². The Kier molecular flexibility index (Phi) is 28.7. The van der Waals surface area contributed by atoms with E-state index in [0.717, 1.165) is 64.2 Å². The first-order valence-corrected chi connectivity index (χ1v) is 19.6. The van der Waals surface area contributed by atoms with E-state index in [1.165, 1.54) is 49.8 Å². The van der Waals surface area contributed by atoms with Gasteiger partial charge in [-0.15, -0.1) is 0 Å². The fourth-order valence-electron chi connectivity index (χ4n) is 5.87. The maximum Gasteiger partial charge on any atom is 0.325 e. The van der Waals surface area contributed by atoms with Crippen molar-refractivity contribution in [2.45, 2.75) is 180 Å². The summed E-state index contributed by atoms with van der Waals surface area (Å²) in [5.41, 5.74) is -2.01. The quantitative estimate of drug-likeness (QED) is 0.0421. The first-order chi connectivity index (χ1) is 22.2. The van der Waals surface area contributed by atoms with Crippen LogP contribution in [0.4, 0.5) is 0 Å². The molecule has 47 heavy (non-hydrogen) atoms. The number of unbranched alkanes of at least 4 members (excludes halogenated alkanes) is 18. The van der Waals surface area contributed by atoms with E-state index in [9.17, 15) is 42.4 Å². The lowest BCUT2D eigenvalue weighted by molar-refractivity contribution is -0.156. The number of nitrogens with zero attached hydrogens (tertiary/aromatic N) is 1. The minimum atomic E-state index is -5.05. The van der Waals surface area contributed by atoms with Gasteiger partial charge < -0.3 is 20.2 Å². The fraction of sp³-hybridized carbons (Fsp3) is 0.886. The van der Waals surface area contributed by atoms with E-state index in [-0.39, 0.29) is 25.3 Å². The Morgan fingerprint density at radius 1 is 0.596 bits per heavy atom. The van der Waals surface area contributed by atoms with Crippen LogP contribution in [0.2, 0.25) is 0 Å². The summed E-state index contributed by atoms with van der Waals surface area (Å²) >= 11 is 0. The summed E-state index contributed by atoms with van der Waals surface area (Å²) in [6.45, 7) is 6.19. The van der Waals surface area contributed by atoms with Gasteiger partial charge in [-0.25, -0.2) is 0 Å². The molecule has 0 heterocycles. The normalized spacial score (nSPS) is 12.2. The number of carboxylic acid groups (broad SMARTS) is 3. The molecule has 4 N–H and O–H groups in total. The van der Waals surface area contributed by atoms with Crippen molar-refractivity contribution < 1.29 is 47.5 Å². The number of carboxylic acids is 3. The third-order valence-electron chi connectivity index (χ3n) is 8.70. The molecule has 0 saturated heterocycles. The molecule has 278 valence electrons. The number of hydrogen-bond donors (Lipinski definition) is 4. The van der Waals surface area contributed by atoms with Crippen LogP contribution in [0.5, 0.6) is 0 Å². The van der Waals surface area contributed by atoms with Crippen molar-refractivity contribution in [2.75, 3.05) is 13.6 Å². The number of hydrogen-bond acceptors (Lipinski definition) is 6. The largest absolute Gasteiger partial charge is 0.481 e. The average molecular weight is 694 g/mol. The van der Waals surface area contributed by atoms with Crippen molar-refractivity contribution in [3.8, 4) is 0 Å². The zero-order valence-electron chi connectivity index (χ0n) is 29.8. The molecule has 1 amide bonds. The predicted molar refractivity (Wildman–Crippen MR) is 186 cm³/mol. The highest BCUT2D eigenvalue weighted by Gasteiger charge is 2.55. The molecule has 0 aliphatic heterocycles. The second kappa shape index (κ2) is 28.8. The molecular weight excluding hydrogens is 626 g/mol. The number of amides is 1. The van der Waals surface area contributed by atoms with E-state index in [4.69, 9.17) is 5.11 Å². The molecule has 0 aliphatic rings. The topological polar surface area (TPSA) is 187 Å². The lowest BCUT2D eigenvalue weighted by atomic mass is 9.74. The number of aliphatic carboxylic acids is 3. The fourth-order valence-corrected chi connectivity index (χ4v) is 7.03. The maximum absolute atomic E-state index is 12.1. The highest BCUT2D eigenvalue weighted by atomic mass is 32.2. The second-order valence-electron chi connectivity index (χ2n) is 13.0. The molecule has 0 spiro atoms. The molecule has 0 saturated carbocycles. The Hall–Kier alpha value is -2.21. The van der Waals surface area contributed by atoms with Gasteiger partial charge in [0.05, 0.1) is 5.41 Å². The molecule has 0 aromatic rings. The molecule has 1 unspecified atom stereocenters. The van der Waals surface area contributed by atoms with Gasteiger partial charge in [-0.3, -0.25) is 23.7 Å². The van der Waals surface area contributed by atoms with Crippen LogP contribution in [0, 0.1) is 5.41 Å². The number of rotatable bonds is 30. The lowest BCUT2D eigenvalue weighted by Gasteiger charge is -2.33. The summed E-state index contributed by atoms with van der Waals surface area (Å²) in [5.74, 6) is -4.28. The van der Waals surface area contributed by atoms with E-state index < -0.39 is 38.7 Å². The lowest BCUT2D eigenvalue weighted by Crippen LogP contribution is -2.51. The number of carbonyl (C=O) groups is 4. The zero-order chi connectivity index (χ0) is 36.1. The van der Waals surface area contributed by atoms with Crippen LogP contribution in [0.15, 0.2) is 0 Å². The standard InChI is InChI=1S/C20H38O7S.C15H29NO3/c1-3-5-7-9-11-13-15-20(19(23)24,16-14-12-10-8-6-4-2)17(18(21)22)28(25,26)27;1-3-4-5-6-7-8-9-10-11-12-14(17)16(2)13-15(18)19/h17H,3-16H2,1-2H3,(H,21,22)(H,23,24)(H,25,26,27);3-13H2,1-2H3,(H,18,19). The van der Waals surface area contributed by atoms with Crippen molar-refractivity contribution in [1.29, 1.82) is 0 Å². The maximum atomic E-state index is 12.1. The smallest absolute Gasteiger partial charge is 0.325 e. The summed E-state index contributed by atoms with van der Waals surface area (Å²) < 4.78 is 33.1. The van der Waals surface area contributed by atoms with Crippen molar-refractivity contribution in [3.05, 3.63) is 0 Å². The predicted octanol–water partition coefficient (Wildman–Crippen LogP) is 8.35. The molecule has 0 aliphatic carbocycles. The third kappa shape index (κ3) is 23.7. The van der Waals surface area contributed by atoms with E-state index in [1.54, 1.807) is 7.05 Å². The van der Waals surface area contributed by atoms with E-state index >= 15 is 0 Å². The molecule has 0 bridgehead atoms. The highest BCUT2D eigenvalue weighted by molar-refractivity contribution is 7.87. The van der Waals surface area contributed by atoms with Crippen LogP contribution in [-0.4, -0.2) is 75.8 Å². The van der Waals surface area contributed by atoms with Crippen LogP contribution in [0.1, 0.15) is 175 Å². The van der Waals surface area contributed by atoms with Crippen molar-refractivity contribution in [3.63, 3.8) is 0 Å². The highest BCUT2D eigenvalue weighted by Crippen LogP contribution is 2.39. The Labute approximate surface area is 285 Å². The molecule has 0 fully saturated rings. The number of likely N-dealkylation sites (N-methyl/N-ethyl adjacent to an activating group) is 1. The summed E-state index contributed by atoms with van der Waals surface area (Å²) in [6.07, 6.45) is 21.7. The molecule has 0 aromatic heterocycles. The summed E-state index contributed by atoms with van der Waals surface area (Å²) in [5, 5.41) is 25.5. The molecule has 0 radical (unpaired) electrons. The van der Waals surface area contributed by atoms with Gasteiger partial charge in [0.1, 0.15) is 6.54 Å². The van der Waals surface area contributed by atoms with Crippen LogP contribution in [-0.2, 0) is 29.3 Å². The van der Waals surface area contributed by atoms with E-state index in [1.807, 2.05) is 0 Å². The Balaban J connectivity index is 0. The van der Waals surface area contributed by atoms with E-state index in [2.05, 4.69) is 20.8 Å². The minimum Gasteiger partial charge on any atom is -0.481 e. The molecular formula is C35H67NO10S. The Morgan fingerprint density at radius 2 is 0.936 bits per heavy atom. The Bertz CT molecular complexity index is 938. The van der Waals surface area contributed by atoms with Crippen molar-refractivity contribution >= 4 is 33.9 Å². The van der Waals surface area contributed by atoms with Gasteiger partial charge in [-0.2, -0.15) is 8.42 Å². The van der Waals surface area contributed by atoms with Gasteiger partial charge in [0.2, 0.25) is 5.91 Å². The number of carbonyl (C=O) groups excluding carboxylic acids is 1. The molecule has 12 heteroatoms. The second-order valence-corrected chi connectivity index (χ2v) is 14.5. The van der Waals surface area contributed by atoms with Gasteiger partial charge in [-0.05, 0) is 19.3 Å². The molecule has 0 aromatic carbocycles. The summed E-state index contributed by atoms with van der Waals surface area (Å²) in [6, 6.07) is 0. The van der Waals surface area contributed by atoms with Crippen LogP contribution in [0.3, 0.4) is 0 Å². The van der Waals surface area contributed by atoms with Crippen molar-refractivity contribution in [1.82, 2.24) is 4.90 Å². The van der Waals surface area contributed by atoms with Gasteiger partial charge in [0.15, 0.2) is 5.25 Å². The zero-order valence-corrected chi connectivity index (χ0v) is 30.7. The summed E-state index contributed by atoms with van der Waals surface area (Å²) in [7, 11) is -3.50. The first-order valence-electron chi connectivity index (χ1n) is 18.1. The minimum absolute atomic E-state index is 0.0645. The van der Waals surface area contributed by atoms with Crippen LogP contribution < -0.4 is 0 Å². The van der Waals surface area contributed by atoms with Gasteiger partial charge >= 0.3 is 17.9 Å². The molecule has 1 atom stereocenters. The SMILES string of the molecule is CCCCCCCCC(CCCCCCCC)(C(=O)O)C(C(=O)O)S(=O)(=O)O.CCCCCCCCCCCC(=O)N(C)CC(=O)O. The average Bonchev–Trinajstić information content (AvgIpc) is 2.98. The summed E-state index contributed by atoms with van der Waals surface area (Å²) in [4.78, 5) is 47.0. The monoisotopic (exact) mass is 693 g/mol. The van der Waals surface area contributed by atoms with Crippen LogP contribution in [0.25, 0.3) is 0 Å². The van der Waals surface area contributed by atoms with Gasteiger partial charge in [0.25, 0.3) is 10.1 Å². The molecule has 11 nitrogen and oxygen atoms in total. The van der Waals surface area contributed by atoms with Gasteiger partial charge in [0, 0.05) is 13.5 Å². The van der Waals surface area contributed by atoms with Crippen molar-refractivity contribution in [2.24, 2.45) is 5.41 Å². The van der Waals surface area contributed by atoms with Gasteiger partial charge in [-0.1, -0.05) is 149 Å². The Morgan fingerprint density at radius 3 is 1.23 bits per heavy atom.